The molecular formula is C21H32N4O2S. The number of amides is 1. The number of hydrogen-bond acceptors (Lipinski definition) is 5. The quantitative estimate of drug-likeness (QED) is 0.678. The number of likely N-dealkylation sites (N-methyl/N-ethyl adjacent to an activating group) is 1. The van der Waals surface area contributed by atoms with Crippen molar-refractivity contribution in [3.8, 4) is 0 Å². The summed E-state index contributed by atoms with van der Waals surface area (Å²) < 4.78 is 1.78. The first-order chi connectivity index (χ1) is 13.4. The molecule has 1 aliphatic heterocycles. The predicted molar refractivity (Wildman–Crippen MR) is 115 cm³/mol. The first kappa shape index (κ1) is 21.0. The van der Waals surface area contributed by atoms with Crippen LogP contribution in [0.1, 0.15) is 55.2 Å². The molecule has 0 aromatic carbocycles. The summed E-state index contributed by atoms with van der Waals surface area (Å²) >= 11 is 1.38. The fourth-order valence-electron chi connectivity index (χ4n) is 3.94. The molecule has 0 N–H and O–H groups in total. The molecular weight excluding hydrogens is 372 g/mol. The van der Waals surface area contributed by atoms with E-state index in [2.05, 4.69) is 32.6 Å². The minimum absolute atomic E-state index is 0.0175. The Morgan fingerprint density at radius 3 is 2.61 bits per heavy atom. The van der Waals surface area contributed by atoms with E-state index in [-0.39, 0.29) is 11.5 Å². The molecule has 3 heterocycles. The maximum absolute atomic E-state index is 13.4. The van der Waals surface area contributed by atoms with Crippen molar-refractivity contribution < 1.29 is 4.79 Å². The van der Waals surface area contributed by atoms with Gasteiger partial charge in [-0.05, 0) is 37.9 Å². The maximum atomic E-state index is 13.4. The van der Waals surface area contributed by atoms with Gasteiger partial charge in [-0.15, -0.1) is 11.3 Å². The number of thiophene rings is 1. The number of carbonyl (C=O) groups is 1. The molecule has 2 aromatic heterocycles. The molecule has 0 spiro atoms. The van der Waals surface area contributed by atoms with Crippen molar-refractivity contribution in [3.63, 3.8) is 0 Å². The molecule has 6 nitrogen and oxygen atoms in total. The van der Waals surface area contributed by atoms with Crippen LogP contribution in [-0.2, 0) is 13.0 Å². The number of fused-ring (bicyclic) bond motifs is 2. The van der Waals surface area contributed by atoms with Crippen LogP contribution in [-0.4, -0.2) is 58.0 Å². The number of rotatable bonds is 8. The second kappa shape index (κ2) is 8.74. The third-order valence-corrected chi connectivity index (χ3v) is 6.73. The number of nitrogens with zero attached hydrogens (tertiary/aromatic N) is 4. The Morgan fingerprint density at radius 1 is 1.25 bits per heavy atom. The van der Waals surface area contributed by atoms with Gasteiger partial charge in [0.25, 0.3) is 11.5 Å². The standard InChI is InChI=1S/C21H32N4O2S/c1-6-23(7-2)11-12-24(13-14(3)4)21(27)18-15(5)17-19(28-18)22-16-9-8-10-25(16)20(17)26/h14H,6-13H2,1-5H3. The number of aromatic nitrogens is 2. The van der Waals surface area contributed by atoms with Gasteiger partial charge >= 0.3 is 0 Å². The first-order valence-electron chi connectivity index (χ1n) is 10.4. The van der Waals surface area contributed by atoms with Gasteiger partial charge in [-0.3, -0.25) is 14.2 Å². The smallest absolute Gasteiger partial charge is 0.264 e. The SMILES string of the molecule is CCN(CC)CCN(CC(C)C)C(=O)c1sc2nc3n(c(=O)c2c1C)CCC3. The van der Waals surface area contributed by atoms with Gasteiger partial charge in [0, 0.05) is 32.6 Å². The molecule has 7 heteroatoms. The van der Waals surface area contributed by atoms with Crippen LogP contribution in [0.2, 0.25) is 0 Å². The van der Waals surface area contributed by atoms with Crippen molar-refractivity contribution >= 4 is 27.5 Å². The normalized spacial score (nSPS) is 13.7. The highest BCUT2D eigenvalue weighted by molar-refractivity contribution is 7.20. The Bertz CT molecular complexity index is 911. The molecule has 0 saturated carbocycles. The molecule has 0 unspecified atom stereocenters. The molecule has 0 saturated heterocycles. The number of aryl methyl sites for hydroxylation is 2. The average molecular weight is 405 g/mol. The number of hydrogen-bond donors (Lipinski definition) is 0. The Hall–Kier alpha value is -1.73. The molecule has 0 atom stereocenters. The molecule has 0 aliphatic carbocycles. The average Bonchev–Trinajstić information content (AvgIpc) is 3.26. The summed E-state index contributed by atoms with van der Waals surface area (Å²) in [6.45, 7) is 15.4. The summed E-state index contributed by atoms with van der Waals surface area (Å²) in [7, 11) is 0. The van der Waals surface area contributed by atoms with Crippen molar-refractivity contribution in [1.82, 2.24) is 19.4 Å². The molecule has 0 radical (unpaired) electrons. The lowest BCUT2D eigenvalue weighted by atomic mass is 10.1. The highest BCUT2D eigenvalue weighted by atomic mass is 32.1. The van der Waals surface area contributed by atoms with Crippen LogP contribution >= 0.6 is 11.3 Å². The summed E-state index contributed by atoms with van der Waals surface area (Å²) in [4.78, 5) is 36.7. The van der Waals surface area contributed by atoms with E-state index in [0.29, 0.717) is 27.6 Å². The molecule has 1 amide bonds. The van der Waals surface area contributed by atoms with E-state index >= 15 is 0 Å². The zero-order chi connectivity index (χ0) is 20.4. The minimum Gasteiger partial charge on any atom is -0.336 e. The minimum atomic E-state index is 0.0175. The zero-order valence-corrected chi connectivity index (χ0v) is 18.6. The van der Waals surface area contributed by atoms with E-state index in [4.69, 9.17) is 4.98 Å². The Kier molecular flexibility index (Phi) is 6.55. The fourth-order valence-corrected chi connectivity index (χ4v) is 5.10. The largest absolute Gasteiger partial charge is 0.336 e. The zero-order valence-electron chi connectivity index (χ0n) is 17.7. The predicted octanol–water partition coefficient (Wildman–Crippen LogP) is 3.15. The van der Waals surface area contributed by atoms with Gasteiger partial charge in [0.05, 0.1) is 10.3 Å². The lowest BCUT2D eigenvalue weighted by Gasteiger charge is -2.27. The van der Waals surface area contributed by atoms with Gasteiger partial charge in [-0.25, -0.2) is 4.98 Å². The van der Waals surface area contributed by atoms with Gasteiger partial charge in [-0.1, -0.05) is 27.7 Å². The van der Waals surface area contributed by atoms with Gasteiger partial charge in [0.15, 0.2) is 0 Å². The van der Waals surface area contributed by atoms with Gasteiger partial charge in [0.2, 0.25) is 0 Å². The van der Waals surface area contributed by atoms with Crippen LogP contribution in [0.4, 0.5) is 0 Å². The van der Waals surface area contributed by atoms with Crippen molar-refractivity contribution in [1.29, 1.82) is 0 Å². The summed E-state index contributed by atoms with van der Waals surface area (Å²) in [5.41, 5.74) is 0.810. The van der Waals surface area contributed by atoms with Crippen molar-refractivity contribution in [2.24, 2.45) is 5.92 Å². The second-order valence-corrected chi connectivity index (χ2v) is 9.00. The van der Waals surface area contributed by atoms with Gasteiger partial charge in [0.1, 0.15) is 10.7 Å². The van der Waals surface area contributed by atoms with Crippen LogP contribution in [0.25, 0.3) is 10.2 Å². The lowest BCUT2D eigenvalue weighted by Crippen LogP contribution is -2.40. The van der Waals surface area contributed by atoms with E-state index in [0.717, 1.165) is 57.0 Å². The highest BCUT2D eigenvalue weighted by Crippen LogP contribution is 2.29. The van der Waals surface area contributed by atoms with Crippen molar-refractivity contribution in [2.75, 3.05) is 32.7 Å². The molecule has 1 aliphatic rings. The van der Waals surface area contributed by atoms with Crippen molar-refractivity contribution in [3.05, 3.63) is 26.6 Å². The molecule has 28 heavy (non-hydrogen) atoms. The van der Waals surface area contributed by atoms with Gasteiger partial charge in [-0.2, -0.15) is 0 Å². The second-order valence-electron chi connectivity index (χ2n) is 8.00. The Labute approximate surface area is 171 Å². The molecule has 0 fully saturated rings. The lowest BCUT2D eigenvalue weighted by molar-refractivity contribution is 0.0721. The summed E-state index contributed by atoms with van der Waals surface area (Å²) in [5.74, 6) is 1.28. The summed E-state index contributed by atoms with van der Waals surface area (Å²) in [6.07, 6.45) is 1.81. The van der Waals surface area contributed by atoms with E-state index in [1.165, 1.54) is 11.3 Å². The summed E-state index contributed by atoms with van der Waals surface area (Å²) in [6, 6.07) is 0. The van der Waals surface area contributed by atoms with Crippen LogP contribution < -0.4 is 5.56 Å². The first-order valence-corrected chi connectivity index (χ1v) is 11.2. The Morgan fingerprint density at radius 2 is 1.96 bits per heavy atom. The van der Waals surface area contributed by atoms with E-state index in [1.54, 1.807) is 4.57 Å². The maximum Gasteiger partial charge on any atom is 0.264 e. The van der Waals surface area contributed by atoms with E-state index < -0.39 is 0 Å². The van der Waals surface area contributed by atoms with E-state index in [1.807, 2.05) is 11.8 Å². The van der Waals surface area contributed by atoms with Gasteiger partial charge < -0.3 is 9.80 Å². The molecule has 154 valence electrons. The van der Waals surface area contributed by atoms with Crippen LogP contribution in [0.3, 0.4) is 0 Å². The van der Waals surface area contributed by atoms with Crippen molar-refractivity contribution in [2.45, 2.75) is 54.0 Å². The molecule has 2 aromatic rings. The van der Waals surface area contributed by atoms with E-state index in [9.17, 15) is 9.59 Å². The topological polar surface area (TPSA) is 58.4 Å². The monoisotopic (exact) mass is 404 g/mol. The number of carbonyl (C=O) groups excluding carboxylic acids is 1. The highest BCUT2D eigenvalue weighted by Gasteiger charge is 2.26. The van der Waals surface area contributed by atoms with Crippen LogP contribution in [0.15, 0.2) is 4.79 Å². The molecule has 3 rings (SSSR count). The third kappa shape index (κ3) is 4.01. The Balaban J connectivity index is 1.94. The summed E-state index contributed by atoms with van der Waals surface area (Å²) in [5, 5.41) is 0.632. The van der Waals surface area contributed by atoms with Crippen LogP contribution in [0, 0.1) is 12.8 Å². The molecule has 0 bridgehead atoms. The fraction of sp³-hybridized carbons (Fsp3) is 0.667. The third-order valence-electron chi connectivity index (χ3n) is 5.56. The van der Waals surface area contributed by atoms with Crippen LogP contribution in [0.5, 0.6) is 0 Å².